The summed E-state index contributed by atoms with van der Waals surface area (Å²) in [6, 6.07) is 3.29. The molecule has 1 rings (SSSR count). The Kier molecular flexibility index (Phi) is 6.52. The average Bonchev–Trinajstić information content (AvgIpc) is 2.44. The molecule has 0 saturated heterocycles. The fourth-order valence-corrected chi connectivity index (χ4v) is 1.73. The van der Waals surface area contributed by atoms with Gasteiger partial charge in [-0.15, -0.1) is 0 Å². The number of aromatic nitrogens is 1. The molecule has 0 aliphatic rings. The summed E-state index contributed by atoms with van der Waals surface area (Å²) in [6.45, 7) is 7.95. The van der Waals surface area contributed by atoms with Gasteiger partial charge in [0.25, 0.3) is 5.91 Å². The van der Waals surface area contributed by atoms with Crippen LogP contribution < -0.4 is 10.2 Å². The highest BCUT2D eigenvalue weighted by atomic mass is 16.4. The minimum atomic E-state index is -0.133. The lowest BCUT2D eigenvalue weighted by Gasteiger charge is -2.15. The average molecular weight is 265 g/mol. The van der Waals surface area contributed by atoms with Crippen LogP contribution in [-0.2, 0) is 0 Å². The number of oxime groups is 1. The van der Waals surface area contributed by atoms with Crippen LogP contribution in [0.4, 0.5) is 0 Å². The van der Waals surface area contributed by atoms with Gasteiger partial charge in [-0.05, 0) is 26.0 Å². The van der Waals surface area contributed by atoms with Crippen LogP contribution in [0.1, 0.15) is 29.9 Å². The molecule has 3 N–H and O–H groups in total. The third-order valence-corrected chi connectivity index (χ3v) is 3.00. The number of nitrogens with one attached hydrogen (secondary N) is 2. The molecule has 0 radical (unpaired) electrons. The maximum atomic E-state index is 11.8. The normalized spacial score (nSPS) is 11.1. The van der Waals surface area contributed by atoms with Gasteiger partial charge in [0, 0.05) is 6.20 Å². The molecule has 6 heteroatoms. The van der Waals surface area contributed by atoms with E-state index in [1.807, 2.05) is 0 Å². The van der Waals surface area contributed by atoms with Crippen molar-refractivity contribution in [1.82, 2.24) is 10.3 Å². The van der Waals surface area contributed by atoms with E-state index in [4.69, 9.17) is 5.21 Å². The number of amides is 1. The standard InChI is InChI=1S/C13H20N4O2/c1-3-17(4-2)8-7-14-13(18)11-5-6-12(10-16-19)15-9-11/h5-6,9-10,19H,3-4,7-8H2,1-2H3,(H,14,18)/p+1/b16-10+. The van der Waals surface area contributed by atoms with E-state index in [-0.39, 0.29) is 5.91 Å². The first-order valence-corrected chi connectivity index (χ1v) is 6.46. The number of hydrogen-bond acceptors (Lipinski definition) is 4. The van der Waals surface area contributed by atoms with Gasteiger partial charge in [-0.1, -0.05) is 5.16 Å². The summed E-state index contributed by atoms with van der Waals surface area (Å²) in [4.78, 5) is 17.3. The van der Waals surface area contributed by atoms with Crippen LogP contribution in [0.5, 0.6) is 0 Å². The molecule has 1 aromatic heterocycles. The summed E-state index contributed by atoms with van der Waals surface area (Å²) in [7, 11) is 0. The summed E-state index contributed by atoms with van der Waals surface area (Å²) in [6.07, 6.45) is 2.68. The van der Waals surface area contributed by atoms with Gasteiger partial charge in [0.05, 0.1) is 43.7 Å². The summed E-state index contributed by atoms with van der Waals surface area (Å²) >= 11 is 0. The molecule has 0 fully saturated rings. The van der Waals surface area contributed by atoms with Crippen LogP contribution in [0.25, 0.3) is 0 Å². The summed E-state index contributed by atoms with van der Waals surface area (Å²) < 4.78 is 0. The predicted octanol–water partition coefficient (Wildman–Crippen LogP) is -0.456. The van der Waals surface area contributed by atoms with E-state index in [0.29, 0.717) is 17.8 Å². The Bertz CT molecular complexity index is 413. The number of nitrogens with zero attached hydrogens (tertiary/aromatic N) is 2. The van der Waals surface area contributed by atoms with Crippen LogP contribution in [0.3, 0.4) is 0 Å². The number of hydrogen-bond donors (Lipinski definition) is 3. The lowest BCUT2D eigenvalue weighted by Crippen LogP contribution is -3.12. The highest BCUT2D eigenvalue weighted by molar-refractivity contribution is 5.94. The maximum Gasteiger partial charge on any atom is 0.253 e. The zero-order valence-electron chi connectivity index (χ0n) is 11.4. The molecule has 104 valence electrons. The van der Waals surface area contributed by atoms with Gasteiger partial charge in [0.2, 0.25) is 0 Å². The van der Waals surface area contributed by atoms with E-state index in [1.54, 1.807) is 12.1 Å². The number of carbonyl (C=O) groups excluding carboxylic acids is 1. The fourth-order valence-electron chi connectivity index (χ4n) is 1.73. The Hall–Kier alpha value is -1.95. The molecular weight excluding hydrogens is 244 g/mol. The second-order valence-electron chi connectivity index (χ2n) is 4.18. The fraction of sp³-hybridized carbons (Fsp3) is 0.462. The Morgan fingerprint density at radius 2 is 2.21 bits per heavy atom. The molecule has 0 bridgehead atoms. The maximum absolute atomic E-state index is 11.8. The number of pyridine rings is 1. The van der Waals surface area contributed by atoms with Gasteiger partial charge in [-0.3, -0.25) is 9.78 Å². The van der Waals surface area contributed by atoms with Crippen LogP contribution in [0.15, 0.2) is 23.5 Å². The molecule has 0 saturated carbocycles. The van der Waals surface area contributed by atoms with E-state index in [9.17, 15) is 4.79 Å². The van der Waals surface area contributed by atoms with E-state index >= 15 is 0 Å². The first-order chi connectivity index (χ1) is 9.21. The molecule has 0 spiro atoms. The lowest BCUT2D eigenvalue weighted by molar-refractivity contribution is -0.895. The second-order valence-corrected chi connectivity index (χ2v) is 4.18. The minimum Gasteiger partial charge on any atom is -0.411 e. The van der Waals surface area contributed by atoms with Crippen LogP contribution in [0.2, 0.25) is 0 Å². The molecule has 0 aliphatic carbocycles. The highest BCUT2D eigenvalue weighted by Gasteiger charge is 2.07. The van der Waals surface area contributed by atoms with Crippen LogP contribution >= 0.6 is 0 Å². The third kappa shape index (κ3) is 5.05. The second kappa shape index (κ2) is 8.20. The number of rotatable bonds is 7. The SMILES string of the molecule is CC[NH+](CC)CCNC(=O)c1ccc(/C=N/O)nc1. The van der Waals surface area contributed by atoms with Crippen molar-refractivity contribution in [1.29, 1.82) is 0 Å². The Morgan fingerprint density at radius 3 is 2.74 bits per heavy atom. The molecule has 6 nitrogen and oxygen atoms in total. The molecule has 1 aromatic rings. The first kappa shape index (κ1) is 15.1. The zero-order valence-corrected chi connectivity index (χ0v) is 11.4. The molecular formula is C13H21N4O2+. The van der Waals surface area contributed by atoms with Gasteiger partial charge >= 0.3 is 0 Å². The van der Waals surface area contributed by atoms with E-state index < -0.39 is 0 Å². The van der Waals surface area contributed by atoms with Crippen LogP contribution in [0, 0.1) is 0 Å². The first-order valence-electron chi connectivity index (χ1n) is 6.46. The lowest BCUT2D eigenvalue weighted by atomic mass is 10.2. The van der Waals surface area contributed by atoms with Gasteiger partial charge in [0.1, 0.15) is 0 Å². The quantitative estimate of drug-likeness (QED) is 0.355. The number of carbonyl (C=O) groups is 1. The third-order valence-electron chi connectivity index (χ3n) is 3.00. The van der Waals surface area contributed by atoms with Crippen molar-refractivity contribution < 1.29 is 14.9 Å². The minimum absolute atomic E-state index is 0.133. The summed E-state index contributed by atoms with van der Waals surface area (Å²) in [5.41, 5.74) is 1.01. The molecule has 19 heavy (non-hydrogen) atoms. The number of likely N-dealkylation sites (N-methyl/N-ethyl adjacent to an activating group) is 1. The molecule has 0 aromatic carbocycles. The van der Waals surface area contributed by atoms with Crippen molar-refractivity contribution in [3.8, 4) is 0 Å². The van der Waals surface area contributed by atoms with E-state index in [0.717, 1.165) is 19.6 Å². The smallest absolute Gasteiger partial charge is 0.253 e. The van der Waals surface area contributed by atoms with Gasteiger partial charge in [0.15, 0.2) is 0 Å². The molecule has 1 amide bonds. The van der Waals surface area contributed by atoms with Gasteiger partial charge in [-0.2, -0.15) is 0 Å². The Balaban J connectivity index is 2.45. The predicted molar refractivity (Wildman–Crippen MR) is 72.9 cm³/mol. The largest absolute Gasteiger partial charge is 0.411 e. The van der Waals surface area contributed by atoms with Crippen molar-refractivity contribution in [2.24, 2.45) is 5.16 Å². The molecule has 1 heterocycles. The molecule has 0 aliphatic heterocycles. The van der Waals surface area contributed by atoms with E-state index in [2.05, 4.69) is 29.3 Å². The highest BCUT2D eigenvalue weighted by Crippen LogP contribution is 1.98. The molecule has 0 atom stereocenters. The van der Waals surface area contributed by atoms with E-state index in [1.165, 1.54) is 17.3 Å². The summed E-state index contributed by atoms with van der Waals surface area (Å²) in [5, 5.41) is 14.1. The monoisotopic (exact) mass is 265 g/mol. The van der Waals surface area contributed by atoms with Gasteiger partial charge < -0.3 is 15.4 Å². The van der Waals surface area contributed by atoms with Crippen molar-refractivity contribution in [2.75, 3.05) is 26.2 Å². The van der Waals surface area contributed by atoms with Crippen molar-refractivity contribution in [3.05, 3.63) is 29.6 Å². The topological polar surface area (TPSA) is 79.0 Å². The summed E-state index contributed by atoms with van der Waals surface area (Å²) in [5.74, 6) is -0.133. The van der Waals surface area contributed by atoms with Gasteiger partial charge in [-0.25, -0.2) is 0 Å². The Morgan fingerprint density at radius 1 is 1.47 bits per heavy atom. The van der Waals surface area contributed by atoms with Crippen molar-refractivity contribution >= 4 is 12.1 Å². The van der Waals surface area contributed by atoms with Crippen LogP contribution in [-0.4, -0.2) is 48.5 Å². The number of quaternary nitrogens is 1. The van der Waals surface area contributed by atoms with Crippen molar-refractivity contribution in [2.45, 2.75) is 13.8 Å². The van der Waals surface area contributed by atoms with Crippen molar-refractivity contribution in [3.63, 3.8) is 0 Å². The Labute approximate surface area is 113 Å². The molecule has 0 unspecified atom stereocenters. The zero-order chi connectivity index (χ0) is 14.1.